The maximum atomic E-state index is 12.8. The number of nitrogens with two attached hydrogens (primary N) is 1. The van der Waals surface area contributed by atoms with Crippen LogP contribution in [-0.4, -0.2) is 20.8 Å². The van der Waals surface area contributed by atoms with E-state index < -0.39 is 11.5 Å². The van der Waals surface area contributed by atoms with Gasteiger partial charge in [-0.05, 0) is 43.7 Å². The molecular formula is C19H16Cl2N4O2. The van der Waals surface area contributed by atoms with Crippen LogP contribution in [0.25, 0.3) is 5.69 Å². The molecule has 4 N–H and O–H groups in total. The van der Waals surface area contributed by atoms with E-state index in [9.17, 15) is 9.90 Å². The zero-order valence-corrected chi connectivity index (χ0v) is 16.1. The minimum Gasteiger partial charge on any atom is -0.383 e. The predicted octanol–water partition coefficient (Wildman–Crippen LogP) is 3.57. The molecule has 6 nitrogen and oxygen atoms in total. The number of hydrogen-bond acceptors (Lipinski definition) is 4. The minimum atomic E-state index is -2.04. The van der Waals surface area contributed by atoms with Gasteiger partial charge < -0.3 is 16.2 Å². The van der Waals surface area contributed by atoms with Gasteiger partial charge in [0.15, 0.2) is 0 Å². The molecule has 0 aliphatic carbocycles. The lowest BCUT2D eigenvalue weighted by molar-refractivity contribution is -0.129. The van der Waals surface area contributed by atoms with Gasteiger partial charge in [-0.2, -0.15) is 5.10 Å². The number of hydrogen-bond donors (Lipinski definition) is 3. The van der Waals surface area contributed by atoms with E-state index in [0.29, 0.717) is 16.4 Å². The van der Waals surface area contributed by atoms with Crippen molar-refractivity contribution in [2.24, 2.45) is 0 Å². The summed E-state index contributed by atoms with van der Waals surface area (Å²) >= 11 is 12.3. The van der Waals surface area contributed by atoms with Crippen molar-refractivity contribution in [2.75, 3.05) is 11.1 Å². The van der Waals surface area contributed by atoms with Crippen LogP contribution in [0.15, 0.2) is 36.4 Å². The SMILES string of the molecule is Cc1cccc(-n2nc(C)c(C3(O)C(=O)Nc4c(Cl)cc(Cl)cc43)c2N)c1. The number of aryl methyl sites for hydroxylation is 2. The number of anilines is 2. The summed E-state index contributed by atoms with van der Waals surface area (Å²) in [5.41, 5.74) is 7.26. The number of nitrogens with one attached hydrogen (secondary N) is 1. The first-order valence-corrected chi connectivity index (χ1v) is 8.95. The standard InChI is InChI=1S/C19H16Cl2N4O2/c1-9-4-3-5-12(6-9)25-17(22)15(10(2)24-25)19(27)13-7-11(20)8-14(21)16(13)23-18(19)26/h3-8,27H,22H2,1-2H3,(H,23,26). The van der Waals surface area contributed by atoms with Gasteiger partial charge in [-0.1, -0.05) is 35.3 Å². The van der Waals surface area contributed by atoms with E-state index in [4.69, 9.17) is 28.9 Å². The van der Waals surface area contributed by atoms with Crippen molar-refractivity contribution < 1.29 is 9.90 Å². The van der Waals surface area contributed by atoms with Crippen LogP contribution in [0.2, 0.25) is 10.0 Å². The van der Waals surface area contributed by atoms with Gasteiger partial charge in [0.25, 0.3) is 5.91 Å². The summed E-state index contributed by atoms with van der Waals surface area (Å²) in [6.45, 7) is 3.64. The van der Waals surface area contributed by atoms with Crippen LogP contribution in [0.3, 0.4) is 0 Å². The molecule has 2 heterocycles. The highest BCUT2D eigenvalue weighted by molar-refractivity contribution is 6.38. The van der Waals surface area contributed by atoms with Crippen molar-refractivity contribution in [3.63, 3.8) is 0 Å². The number of benzene rings is 2. The van der Waals surface area contributed by atoms with Crippen molar-refractivity contribution in [3.8, 4) is 5.69 Å². The molecule has 8 heteroatoms. The first-order valence-electron chi connectivity index (χ1n) is 8.19. The largest absolute Gasteiger partial charge is 0.383 e. The van der Waals surface area contributed by atoms with Crippen molar-refractivity contribution >= 4 is 40.6 Å². The highest BCUT2D eigenvalue weighted by atomic mass is 35.5. The molecule has 0 bridgehead atoms. The Labute approximate surface area is 165 Å². The number of halogens is 2. The number of nitrogens with zero attached hydrogens (tertiary/aromatic N) is 2. The zero-order chi connectivity index (χ0) is 19.5. The average molecular weight is 403 g/mol. The highest BCUT2D eigenvalue weighted by Gasteiger charge is 2.51. The normalized spacial score (nSPS) is 18.5. The molecule has 27 heavy (non-hydrogen) atoms. The molecule has 138 valence electrons. The van der Waals surface area contributed by atoms with E-state index in [-0.39, 0.29) is 22.0 Å². The van der Waals surface area contributed by atoms with Crippen LogP contribution in [0.4, 0.5) is 11.5 Å². The molecule has 1 aliphatic rings. The highest BCUT2D eigenvalue weighted by Crippen LogP contribution is 2.48. The Kier molecular flexibility index (Phi) is 3.96. The molecule has 1 unspecified atom stereocenters. The lowest BCUT2D eigenvalue weighted by atomic mass is 9.87. The van der Waals surface area contributed by atoms with Crippen molar-refractivity contribution in [1.82, 2.24) is 9.78 Å². The third-order valence-electron chi connectivity index (χ3n) is 4.72. The second-order valence-corrected chi connectivity index (χ2v) is 7.41. The van der Waals surface area contributed by atoms with Crippen molar-refractivity contribution in [2.45, 2.75) is 19.4 Å². The third-order valence-corrected chi connectivity index (χ3v) is 5.23. The number of rotatable bonds is 2. The summed E-state index contributed by atoms with van der Waals surface area (Å²) in [4.78, 5) is 12.8. The van der Waals surface area contributed by atoms with Gasteiger partial charge in [0.1, 0.15) is 5.82 Å². The molecule has 1 amide bonds. The summed E-state index contributed by atoms with van der Waals surface area (Å²) in [6, 6.07) is 10.6. The summed E-state index contributed by atoms with van der Waals surface area (Å²) in [5.74, 6) is -0.486. The lowest BCUT2D eigenvalue weighted by Gasteiger charge is -2.21. The third kappa shape index (κ3) is 2.52. The van der Waals surface area contributed by atoms with E-state index in [1.165, 1.54) is 16.8 Å². The summed E-state index contributed by atoms with van der Waals surface area (Å²) in [5, 5.41) is 19.1. The van der Waals surface area contributed by atoms with Gasteiger partial charge in [-0.3, -0.25) is 4.79 Å². The maximum absolute atomic E-state index is 12.8. The van der Waals surface area contributed by atoms with Crippen LogP contribution in [0.5, 0.6) is 0 Å². The van der Waals surface area contributed by atoms with E-state index >= 15 is 0 Å². The van der Waals surface area contributed by atoms with Gasteiger partial charge >= 0.3 is 0 Å². The van der Waals surface area contributed by atoms with Gasteiger partial charge in [-0.15, -0.1) is 0 Å². The van der Waals surface area contributed by atoms with Crippen LogP contribution < -0.4 is 11.1 Å². The van der Waals surface area contributed by atoms with Crippen LogP contribution >= 0.6 is 23.2 Å². The van der Waals surface area contributed by atoms with Gasteiger partial charge in [0.05, 0.1) is 27.7 Å². The molecular weight excluding hydrogens is 387 g/mol. The summed E-state index contributed by atoms with van der Waals surface area (Å²) in [7, 11) is 0. The molecule has 1 aliphatic heterocycles. The molecule has 1 aromatic heterocycles. The smallest absolute Gasteiger partial charge is 0.266 e. The Morgan fingerprint density at radius 3 is 2.67 bits per heavy atom. The Morgan fingerprint density at radius 1 is 1.22 bits per heavy atom. The molecule has 2 aromatic carbocycles. The van der Waals surface area contributed by atoms with Gasteiger partial charge in [-0.25, -0.2) is 4.68 Å². The molecule has 0 spiro atoms. The number of carbonyl (C=O) groups excluding carboxylic acids is 1. The molecule has 0 saturated heterocycles. The summed E-state index contributed by atoms with van der Waals surface area (Å²) < 4.78 is 1.51. The van der Waals surface area contributed by atoms with E-state index in [1.807, 2.05) is 31.2 Å². The first kappa shape index (κ1) is 17.9. The Balaban J connectivity index is 1.97. The maximum Gasteiger partial charge on any atom is 0.266 e. The minimum absolute atomic E-state index is 0.166. The number of aliphatic hydroxyl groups is 1. The Hall–Kier alpha value is -2.54. The second-order valence-electron chi connectivity index (χ2n) is 6.57. The number of fused-ring (bicyclic) bond motifs is 1. The average Bonchev–Trinajstić information content (AvgIpc) is 3.03. The van der Waals surface area contributed by atoms with Crippen LogP contribution in [0, 0.1) is 13.8 Å². The fourth-order valence-corrected chi connectivity index (χ4v) is 4.05. The molecule has 3 aromatic rings. The Bertz CT molecular complexity index is 1110. The number of carbonyl (C=O) groups is 1. The van der Waals surface area contributed by atoms with Crippen molar-refractivity contribution in [1.29, 1.82) is 0 Å². The molecule has 1 atom stereocenters. The van der Waals surface area contributed by atoms with Crippen LogP contribution in [0.1, 0.15) is 22.4 Å². The van der Waals surface area contributed by atoms with Gasteiger partial charge in [0, 0.05) is 10.6 Å². The Morgan fingerprint density at radius 2 is 1.96 bits per heavy atom. The first-order chi connectivity index (χ1) is 12.7. The van der Waals surface area contributed by atoms with Crippen LogP contribution in [-0.2, 0) is 10.4 Å². The summed E-state index contributed by atoms with van der Waals surface area (Å²) in [6.07, 6.45) is 0. The zero-order valence-electron chi connectivity index (χ0n) is 14.5. The molecule has 0 saturated carbocycles. The predicted molar refractivity (Wildman–Crippen MR) is 106 cm³/mol. The molecule has 0 fully saturated rings. The second kappa shape index (κ2) is 5.99. The van der Waals surface area contributed by atoms with Gasteiger partial charge in [0.2, 0.25) is 5.60 Å². The van der Waals surface area contributed by atoms with E-state index in [2.05, 4.69) is 10.4 Å². The van der Waals surface area contributed by atoms with Crippen molar-refractivity contribution in [3.05, 3.63) is 68.8 Å². The quantitative estimate of drug-likeness (QED) is 0.610. The molecule has 0 radical (unpaired) electrons. The van der Waals surface area contributed by atoms with E-state index in [1.54, 1.807) is 6.92 Å². The monoisotopic (exact) mass is 402 g/mol. The molecule has 4 rings (SSSR count). The number of amides is 1. The number of aromatic nitrogens is 2. The van der Waals surface area contributed by atoms with E-state index in [0.717, 1.165) is 11.3 Å². The fourth-order valence-electron chi connectivity index (χ4n) is 3.51. The number of nitrogen functional groups attached to an aromatic ring is 1. The lowest BCUT2D eigenvalue weighted by Crippen LogP contribution is -2.36. The topological polar surface area (TPSA) is 93.2 Å². The fraction of sp³-hybridized carbons (Fsp3) is 0.158.